The molecule has 0 aliphatic heterocycles. The van der Waals surface area contributed by atoms with E-state index in [0.29, 0.717) is 0 Å². The average Bonchev–Trinajstić information content (AvgIpc) is 2.33. The maximum atomic E-state index is 11.0. The third-order valence-corrected chi connectivity index (χ3v) is 2.45. The first-order valence-corrected chi connectivity index (χ1v) is 5.37. The lowest BCUT2D eigenvalue weighted by atomic mass is 10.2. The van der Waals surface area contributed by atoms with Crippen LogP contribution in [0.15, 0.2) is 42.5 Å². The van der Waals surface area contributed by atoms with E-state index in [1.54, 1.807) is 36.4 Å². The predicted octanol–water partition coefficient (Wildman–Crippen LogP) is 3.19. The van der Waals surface area contributed by atoms with Crippen LogP contribution in [-0.4, -0.2) is 16.2 Å². The van der Waals surface area contributed by atoms with Crippen molar-refractivity contribution in [3.05, 3.63) is 53.6 Å². The molecule has 0 fully saturated rings. The summed E-state index contributed by atoms with van der Waals surface area (Å²) < 4.78 is 5.43. The van der Waals surface area contributed by atoms with Crippen LogP contribution in [0, 0.1) is 6.92 Å². The van der Waals surface area contributed by atoms with Gasteiger partial charge < -0.3 is 14.9 Å². The minimum atomic E-state index is -1.07. The molecule has 0 aromatic heterocycles. The van der Waals surface area contributed by atoms with Crippen molar-refractivity contribution < 1.29 is 19.7 Å². The summed E-state index contributed by atoms with van der Waals surface area (Å²) >= 11 is 0. The van der Waals surface area contributed by atoms with Gasteiger partial charge in [-0.15, -0.1) is 0 Å². The fourth-order valence-electron chi connectivity index (χ4n) is 1.56. The Balaban J connectivity index is 2.37. The van der Waals surface area contributed by atoms with Gasteiger partial charge >= 0.3 is 5.97 Å². The number of phenols is 1. The number of carbonyl (C=O) groups is 1. The van der Waals surface area contributed by atoms with E-state index in [-0.39, 0.29) is 22.8 Å². The molecule has 0 atom stereocenters. The Morgan fingerprint density at radius 1 is 1.11 bits per heavy atom. The lowest BCUT2D eigenvalue weighted by molar-refractivity contribution is 0.0694. The summed E-state index contributed by atoms with van der Waals surface area (Å²) in [5, 5.41) is 18.7. The van der Waals surface area contributed by atoms with E-state index < -0.39 is 5.97 Å². The molecule has 0 aliphatic rings. The van der Waals surface area contributed by atoms with Gasteiger partial charge in [-0.1, -0.05) is 18.2 Å². The highest BCUT2D eigenvalue weighted by Crippen LogP contribution is 2.32. The van der Waals surface area contributed by atoms with Gasteiger partial charge in [-0.3, -0.25) is 0 Å². The first-order chi connectivity index (χ1) is 8.58. The van der Waals surface area contributed by atoms with Crippen LogP contribution >= 0.6 is 0 Å². The van der Waals surface area contributed by atoms with Crippen molar-refractivity contribution in [1.82, 2.24) is 0 Å². The van der Waals surface area contributed by atoms with Crippen LogP contribution in [0.3, 0.4) is 0 Å². The molecule has 4 nitrogen and oxygen atoms in total. The van der Waals surface area contributed by atoms with Gasteiger partial charge in [0.15, 0.2) is 11.5 Å². The van der Waals surface area contributed by atoms with Crippen LogP contribution in [0.5, 0.6) is 17.2 Å². The highest BCUT2D eigenvalue weighted by molar-refractivity contribution is 5.90. The number of aromatic carboxylic acids is 1. The molecule has 0 spiro atoms. The Morgan fingerprint density at radius 3 is 2.50 bits per heavy atom. The number of para-hydroxylation sites is 1. The molecule has 0 aliphatic carbocycles. The molecule has 4 heteroatoms. The zero-order valence-electron chi connectivity index (χ0n) is 9.75. The van der Waals surface area contributed by atoms with E-state index in [2.05, 4.69) is 0 Å². The van der Waals surface area contributed by atoms with Gasteiger partial charge in [-0.2, -0.15) is 0 Å². The van der Waals surface area contributed by atoms with Gasteiger partial charge in [0.25, 0.3) is 0 Å². The van der Waals surface area contributed by atoms with E-state index in [9.17, 15) is 9.90 Å². The smallest absolute Gasteiger partial charge is 0.339 e. The fraction of sp³-hybridized carbons (Fsp3) is 0.0714. The summed E-state index contributed by atoms with van der Waals surface area (Å²) in [6.07, 6.45) is 0. The van der Waals surface area contributed by atoms with Crippen LogP contribution in [0.25, 0.3) is 0 Å². The number of aryl methyl sites for hydroxylation is 1. The quantitative estimate of drug-likeness (QED) is 0.870. The maximum absolute atomic E-state index is 11.0. The van der Waals surface area contributed by atoms with E-state index in [1.165, 1.54) is 6.07 Å². The van der Waals surface area contributed by atoms with Crippen LogP contribution in [0.2, 0.25) is 0 Å². The van der Waals surface area contributed by atoms with Crippen molar-refractivity contribution >= 4 is 5.97 Å². The van der Waals surface area contributed by atoms with Crippen molar-refractivity contribution in [2.45, 2.75) is 6.92 Å². The lowest BCUT2D eigenvalue weighted by Crippen LogP contribution is -1.99. The maximum Gasteiger partial charge on any atom is 0.339 e. The summed E-state index contributed by atoms with van der Waals surface area (Å²) in [5.41, 5.74) is 0.948. The van der Waals surface area contributed by atoms with E-state index in [0.717, 1.165) is 5.56 Å². The van der Waals surface area contributed by atoms with Gasteiger partial charge in [0.1, 0.15) is 11.3 Å². The average molecular weight is 244 g/mol. The molecule has 0 amide bonds. The number of carboxylic acid groups (broad SMARTS) is 1. The Morgan fingerprint density at radius 2 is 1.83 bits per heavy atom. The van der Waals surface area contributed by atoms with Gasteiger partial charge in [-0.05, 0) is 36.8 Å². The minimum Gasteiger partial charge on any atom is -0.504 e. The molecule has 0 bridgehead atoms. The minimum absolute atomic E-state index is 0.0183. The monoisotopic (exact) mass is 244 g/mol. The van der Waals surface area contributed by atoms with Crippen LogP contribution in [0.4, 0.5) is 0 Å². The molecule has 0 heterocycles. The molecular weight excluding hydrogens is 232 g/mol. The second-order valence-electron chi connectivity index (χ2n) is 3.87. The SMILES string of the molecule is Cc1ccc(Oc2ccccc2C(=O)O)c(O)c1. The molecule has 2 N–H and O–H groups in total. The van der Waals surface area contributed by atoms with Crippen molar-refractivity contribution in [3.8, 4) is 17.2 Å². The number of hydrogen-bond donors (Lipinski definition) is 2. The Bertz CT molecular complexity index is 590. The number of carboxylic acids is 1. The molecule has 2 aromatic carbocycles. The van der Waals surface area contributed by atoms with Gasteiger partial charge in [-0.25, -0.2) is 4.79 Å². The molecule has 2 rings (SSSR count). The number of rotatable bonds is 3. The first kappa shape index (κ1) is 12.0. The summed E-state index contributed by atoms with van der Waals surface area (Å²) in [6.45, 7) is 1.84. The topological polar surface area (TPSA) is 66.8 Å². The zero-order valence-corrected chi connectivity index (χ0v) is 9.75. The molecule has 18 heavy (non-hydrogen) atoms. The second-order valence-corrected chi connectivity index (χ2v) is 3.87. The van der Waals surface area contributed by atoms with Crippen molar-refractivity contribution in [1.29, 1.82) is 0 Å². The van der Waals surface area contributed by atoms with Gasteiger partial charge in [0.05, 0.1) is 0 Å². The lowest BCUT2D eigenvalue weighted by Gasteiger charge is -2.10. The zero-order chi connectivity index (χ0) is 13.1. The molecule has 92 valence electrons. The van der Waals surface area contributed by atoms with E-state index in [1.807, 2.05) is 6.92 Å². The Labute approximate surface area is 104 Å². The van der Waals surface area contributed by atoms with E-state index >= 15 is 0 Å². The molecule has 0 saturated carbocycles. The summed E-state index contributed by atoms with van der Waals surface area (Å²) in [6, 6.07) is 11.2. The van der Waals surface area contributed by atoms with Crippen LogP contribution in [-0.2, 0) is 0 Å². The summed E-state index contributed by atoms with van der Waals surface area (Å²) in [4.78, 5) is 11.0. The standard InChI is InChI=1S/C14H12O4/c1-9-6-7-13(11(15)8-9)18-12-5-3-2-4-10(12)14(16)17/h2-8,15H,1H3,(H,16,17). The highest BCUT2D eigenvalue weighted by atomic mass is 16.5. The van der Waals surface area contributed by atoms with Crippen molar-refractivity contribution in [2.75, 3.05) is 0 Å². The number of benzene rings is 2. The predicted molar refractivity (Wildman–Crippen MR) is 66.3 cm³/mol. The third-order valence-electron chi connectivity index (χ3n) is 2.45. The highest BCUT2D eigenvalue weighted by Gasteiger charge is 2.12. The van der Waals surface area contributed by atoms with E-state index in [4.69, 9.17) is 9.84 Å². The number of aromatic hydroxyl groups is 1. The molecular formula is C14H12O4. The fourth-order valence-corrected chi connectivity index (χ4v) is 1.56. The number of ether oxygens (including phenoxy) is 1. The van der Waals surface area contributed by atoms with Gasteiger partial charge in [0.2, 0.25) is 0 Å². The largest absolute Gasteiger partial charge is 0.504 e. The molecule has 0 unspecified atom stereocenters. The molecule has 2 aromatic rings. The number of hydrogen-bond acceptors (Lipinski definition) is 3. The Kier molecular flexibility index (Phi) is 3.19. The second kappa shape index (κ2) is 4.79. The third kappa shape index (κ3) is 2.43. The molecule has 0 saturated heterocycles. The first-order valence-electron chi connectivity index (χ1n) is 5.37. The van der Waals surface area contributed by atoms with Gasteiger partial charge in [0, 0.05) is 0 Å². The summed E-state index contributed by atoms with van der Waals surface area (Å²) in [5.74, 6) is -0.661. The van der Waals surface area contributed by atoms with Crippen LogP contribution < -0.4 is 4.74 Å². The summed E-state index contributed by atoms with van der Waals surface area (Å²) in [7, 11) is 0. The Hall–Kier alpha value is -2.49. The van der Waals surface area contributed by atoms with Crippen molar-refractivity contribution in [3.63, 3.8) is 0 Å². The van der Waals surface area contributed by atoms with Crippen molar-refractivity contribution in [2.24, 2.45) is 0 Å². The number of phenolic OH excluding ortho intramolecular Hbond substituents is 1. The van der Waals surface area contributed by atoms with Crippen LogP contribution in [0.1, 0.15) is 15.9 Å². The molecule has 0 radical (unpaired) electrons. The normalized spacial score (nSPS) is 10.1.